The molecule has 2 aromatic carbocycles. The summed E-state index contributed by atoms with van der Waals surface area (Å²) in [6.07, 6.45) is 2.04. The second kappa shape index (κ2) is 8.84. The van der Waals surface area contributed by atoms with Crippen molar-refractivity contribution in [1.82, 2.24) is 4.31 Å². The molecule has 0 spiro atoms. The van der Waals surface area contributed by atoms with Crippen molar-refractivity contribution in [1.29, 1.82) is 0 Å². The first-order chi connectivity index (χ1) is 14.8. The van der Waals surface area contributed by atoms with E-state index in [1.54, 1.807) is 32.9 Å². The van der Waals surface area contributed by atoms with Crippen molar-refractivity contribution in [2.45, 2.75) is 51.5 Å². The molecule has 32 heavy (non-hydrogen) atoms. The number of benzene rings is 2. The summed E-state index contributed by atoms with van der Waals surface area (Å²) in [6.45, 7) is 7.46. The van der Waals surface area contributed by atoms with E-state index >= 15 is 0 Å². The van der Waals surface area contributed by atoms with Gasteiger partial charge in [-0.15, -0.1) is 0 Å². The van der Waals surface area contributed by atoms with Crippen molar-refractivity contribution in [2.75, 3.05) is 22.8 Å². The van der Waals surface area contributed by atoms with E-state index in [-0.39, 0.29) is 11.4 Å². The molecule has 1 saturated heterocycles. The molecule has 2 N–H and O–H groups in total. The lowest BCUT2D eigenvalue weighted by Gasteiger charge is -2.25. The number of carbonyl (C=O) groups is 1. The van der Waals surface area contributed by atoms with Crippen LogP contribution in [0, 0.1) is 27.7 Å². The topological polar surface area (TPSA) is 113 Å². The third kappa shape index (κ3) is 5.13. The van der Waals surface area contributed by atoms with Gasteiger partial charge in [-0.2, -0.15) is 4.31 Å². The van der Waals surface area contributed by atoms with Crippen LogP contribution in [0.15, 0.2) is 35.2 Å². The van der Waals surface area contributed by atoms with Crippen LogP contribution in [0.2, 0.25) is 0 Å². The zero-order valence-corrected chi connectivity index (χ0v) is 20.5. The van der Waals surface area contributed by atoms with Gasteiger partial charge in [0.25, 0.3) is 0 Å². The lowest BCUT2D eigenvalue weighted by atomic mass is 10.1. The van der Waals surface area contributed by atoms with Gasteiger partial charge >= 0.3 is 0 Å². The Morgan fingerprint density at radius 1 is 0.969 bits per heavy atom. The van der Waals surface area contributed by atoms with Crippen LogP contribution in [0.1, 0.15) is 35.1 Å². The van der Waals surface area contributed by atoms with Gasteiger partial charge in [0, 0.05) is 12.2 Å². The molecular formula is C22H29N3O5S2. The molecule has 0 aromatic heterocycles. The number of hydrogen-bond donors (Lipinski definition) is 2. The van der Waals surface area contributed by atoms with Gasteiger partial charge in [0.1, 0.15) is 6.04 Å². The number of sulfonamides is 2. The van der Waals surface area contributed by atoms with E-state index in [1.165, 1.54) is 10.4 Å². The summed E-state index contributed by atoms with van der Waals surface area (Å²) < 4.78 is 53.8. The van der Waals surface area contributed by atoms with Crippen LogP contribution >= 0.6 is 0 Å². The normalized spacial score (nSPS) is 17.3. The van der Waals surface area contributed by atoms with Crippen molar-refractivity contribution in [3.63, 3.8) is 0 Å². The van der Waals surface area contributed by atoms with Gasteiger partial charge in [-0.3, -0.25) is 9.52 Å². The largest absolute Gasteiger partial charge is 0.325 e. The van der Waals surface area contributed by atoms with E-state index in [0.29, 0.717) is 40.9 Å². The standard InChI is InChI=1S/C22H29N3O5S2/c1-14-11-16(3)21(17(4)12-14)32(29,30)25-10-6-7-20(25)22(26)23-18-9-8-15(2)19(13-18)24-31(5,27)28/h8-9,11-13,20,24H,6-7,10H2,1-5H3,(H,23,26). The Hall–Kier alpha value is -2.43. The number of anilines is 2. The third-order valence-corrected chi connectivity index (χ3v) is 8.28. The molecule has 2 aromatic rings. The average Bonchev–Trinajstić information content (AvgIpc) is 3.13. The van der Waals surface area contributed by atoms with E-state index in [2.05, 4.69) is 10.0 Å². The highest BCUT2D eigenvalue weighted by atomic mass is 32.2. The molecule has 3 rings (SSSR count). The van der Waals surface area contributed by atoms with Crippen LogP contribution in [0.5, 0.6) is 0 Å². The van der Waals surface area contributed by atoms with E-state index in [0.717, 1.165) is 11.8 Å². The van der Waals surface area contributed by atoms with Crippen LogP contribution in [0.4, 0.5) is 11.4 Å². The highest BCUT2D eigenvalue weighted by Crippen LogP contribution is 2.31. The fraction of sp³-hybridized carbons (Fsp3) is 0.409. The van der Waals surface area contributed by atoms with Crippen molar-refractivity contribution >= 4 is 37.3 Å². The molecule has 1 atom stereocenters. The molecule has 1 aliphatic heterocycles. The first-order valence-corrected chi connectivity index (χ1v) is 13.6. The second-order valence-corrected chi connectivity index (χ2v) is 12.0. The Kier molecular flexibility index (Phi) is 6.69. The van der Waals surface area contributed by atoms with Crippen molar-refractivity contribution in [3.05, 3.63) is 52.6 Å². The molecule has 1 heterocycles. The van der Waals surface area contributed by atoms with Gasteiger partial charge < -0.3 is 5.32 Å². The SMILES string of the molecule is Cc1cc(C)c(S(=O)(=O)N2CCCC2C(=O)Nc2ccc(C)c(NS(C)(=O)=O)c2)c(C)c1. The second-order valence-electron chi connectivity index (χ2n) is 8.39. The molecular weight excluding hydrogens is 450 g/mol. The molecule has 1 aliphatic rings. The summed E-state index contributed by atoms with van der Waals surface area (Å²) in [5.74, 6) is -0.442. The van der Waals surface area contributed by atoms with Gasteiger partial charge in [0.2, 0.25) is 26.0 Å². The predicted octanol–water partition coefficient (Wildman–Crippen LogP) is 3.08. The number of aryl methyl sites for hydroxylation is 4. The van der Waals surface area contributed by atoms with Crippen LogP contribution in [-0.4, -0.2) is 45.9 Å². The van der Waals surface area contributed by atoms with E-state index in [1.807, 2.05) is 19.1 Å². The number of carbonyl (C=O) groups excluding carboxylic acids is 1. The maximum absolute atomic E-state index is 13.5. The van der Waals surface area contributed by atoms with Gasteiger partial charge in [-0.1, -0.05) is 23.8 Å². The number of amides is 1. The Bertz CT molecular complexity index is 1250. The van der Waals surface area contributed by atoms with Crippen molar-refractivity contribution in [3.8, 4) is 0 Å². The fourth-order valence-electron chi connectivity index (χ4n) is 4.22. The van der Waals surface area contributed by atoms with E-state index < -0.39 is 32.0 Å². The fourth-order valence-corrected chi connectivity index (χ4v) is 6.91. The lowest BCUT2D eigenvalue weighted by molar-refractivity contribution is -0.119. The van der Waals surface area contributed by atoms with E-state index in [9.17, 15) is 21.6 Å². The van der Waals surface area contributed by atoms with Crippen molar-refractivity contribution in [2.24, 2.45) is 0 Å². The van der Waals surface area contributed by atoms with E-state index in [4.69, 9.17) is 0 Å². The predicted molar refractivity (Wildman–Crippen MR) is 126 cm³/mol. The highest BCUT2D eigenvalue weighted by Gasteiger charge is 2.40. The minimum Gasteiger partial charge on any atom is -0.325 e. The molecule has 0 radical (unpaired) electrons. The monoisotopic (exact) mass is 479 g/mol. The zero-order chi connectivity index (χ0) is 23.8. The van der Waals surface area contributed by atoms with Gasteiger partial charge in [-0.25, -0.2) is 16.8 Å². The summed E-state index contributed by atoms with van der Waals surface area (Å²) in [7, 11) is -7.34. The summed E-state index contributed by atoms with van der Waals surface area (Å²) in [6, 6.07) is 7.68. The Morgan fingerprint density at radius 2 is 1.59 bits per heavy atom. The van der Waals surface area contributed by atoms with Crippen LogP contribution in [0.25, 0.3) is 0 Å². The molecule has 0 aliphatic carbocycles. The quantitative estimate of drug-likeness (QED) is 0.661. The van der Waals surface area contributed by atoms with Gasteiger partial charge in [0.15, 0.2) is 0 Å². The first-order valence-electron chi connectivity index (χ1n) is 10.3. The molecule has 10 heteroatoms. The molecule has 1 amide bonds. The summed E-state index contributed by atoms with van der Waals surface area (Å²) in [5.41, 5.74) is 3.73. The van der Waals surface area contributed by atoms with Crippen LogP contribution < -0.4 is 10.0 Å². The zero-order valence-electron chi connectivity index (χ0n) is 18.9. The van der Waals surface area contributed by atoms with Crippen LogP contribution in [-0.2, 0) is 24.8 Å². The molecule has 1 fully saturated rings. The Labute approximate surface area is 190 Å². The first kappa shape index (κ1) is 24.2. The lowest BCUT2D eigenvalue weighted by Crippen LogP contribution is -2.43. The van der Waals surface area contributed by atoms with Gasteiger partial charge in [-0.05, 0) is 69.4 Å². The maximum Gasteiger partial charge on any atom is 0.244 e. The Morgan fingerprint density at radius 3 is 2.19 bits per heavy atom. The molecule has 8 nitrogen and oxygen atoms in total. The molecule has 0 bridgehead atoms. The minimum absolute atomic E-state index is 0.248. The Balaban J connectivity index is 1.88. The maximum atomic E-state index is 13.5. The molecule has 1 unspecified atom stereocenters. The minimum atomic E-state index is -3.86. The van der Waals surface area contributed by atoms with Gasteiger partial charge in [0.05, 0.1) is 16.8 Å². The summed E-state index contributed by atoms with van der Waals surface area (Å²) in [4.78, 5) is 13.3. The highest BCUT2D eigenvalue weighted by molar-refractivity contribution is 7.92. The number of nitrogens with zero attached hydrogens (tertiary/aromatic N) is 1. The third-order valence-electron chi connectivity index (χ3n) is 5.48. The summed E-state index contributed by atoms with van der Waals surface area (Å²) in [5, 5.41) is 2.75. The smallest absolute Gasteiger partial charge is 0.244 e. The molecule has 0 saturated carbocycles. The summed E-state index contributed by atoms with van der Waals surface area (Å²) >= 11 is 0. The number of hydrogen-bond acceptors (Lipinski definition) is 5. The molecule has 174 valence electrons. The number of nitrogens with one attached hydrogen (secondary N) is 2. The average molecular weight is 480 g/mol. The number of rotatable bonds is 6. The van der Waals surface area contributed by atoms with Crippen molar-refractivity contribution < 1.29 is 21.6 Å². The van der Waals surface area contributed by atoms with Crippen LogP contribution in [0.3, 0.4) is 0 Å².